The van der Waals surface area contributed by atoms with Crippen molar-refractivity contribution < 1.29 is 14.3 Å². The summed E-state index contributed by atoms with van der Waals surface area (Å²) in [6.07, 6.45) is 5.70. The minimum Gasteiger partial charge on any atom is -0.484 e. The maximum atomic E-state index is 13.8. The van der Waals surface area contributed by atoms with Crippen molar-refractivity contribution in [3.05, 3.63) is 100 Å². The molecule has 0 aliphatic heterocycles. The lowest BCUT2D eigenvalue weighted by Crippen LogP contribution is -2.53. The summed E-state index contributed by atoms with van der Waals surface area (Å²) < 4.78 is 5.79. The number of rotatable bonds is 10. The molecule has 2 amide bonds. The van der Waals surface area contributed by atoms with E-state index in [-0.39, 0.29) is 31.0 Å². The summed E-state index contributed by atoms with van der Waals surface area (Å²) in [6.45, 7) is 0.0107. The van der Waals surface area contributed by atoms with Gasteiger partial charge in [-0.05, 0) is 48.2 Å². The van der Waals surface area contributed by atoms with E-state index in [1.165, 1.54) is 6.42 Å². The summed E-state index contributed by atoms with van der Waals surface area (Å²) in [7, 11) is 0. The molecule has 1 aliphatic carbocycles. The summed E-state index contributed by atoms with van der Waals surface area (Å²) >= 11 is 12.4. The summed E-state index contributed by atoms with van der Waals surface area (Å²) in [6, 6.07) is 23.6. The zero-order valence-electron chi connectivity index (χ0n) is 20.7. The highest BCUT2D eigenvalue weighted by Crippen LogP contribution is 2.25. The maximum Gasteiger partial charge on any atom is 0.261 e. The van der Waals surface area contributed by atoms with Gasteiger partial charge in [0.05, 0.1) is 10.0 Å². The zero-order valence-corrected chi connectivity index (χ0v) is 22.3. The van der Waals surface area contributed by atoms with Crippen LogP contribution in [0.3, 0.4) is 0 Å². The number of hydrogen-bond acceptors (Lipinski definition) is 3. The molecule has 1 atom stereocenters. The van der Waals surface area contributed by atoms with Crippen molar-refractivity contribution in [2.45, 2.75) is 57.2 Å². The Morgan fingerprint density at radius 2 is 1.54 bits per heavy atom. The van der Waals surface area contributed by atoms with Crippen LogP contribution in [0.5, 0.6) is 5.75 Å². The predicted molar refractivity (Wildman–Crippen MR) is 148 cm³/mol. The van der Waals surface area contributed by atoms with E-state index in [0.29, 0.717) is 22.2 Å². The van der Waals surface area contributed by atoms with E-state index in [4.69, 9.17) is 27.9 Å². The van der Waals surface area contributed by atoms with Gasteiger partial charge in [0.2, 0.25) is 5.91 Å². The van der Waals surface area contributed by atoms with Crippen LogP contribution in [-0.4, -0.2) is 35.4 Å². The van der Waals surface area contributed by atoms with Crippen LogP contribution in [0.15, 0.2) is 78.9 Å². The highest BCUT2D eigenvalue weighted by atomic mass is 35.5. The van der Waals surface area contributed by atoms with E-state index in [9.17, 15) is 9.59 Å². The Morgan fingerprint density at radius 3 is 2.22 bits per heavy atom. The molecular formula is C30H32Cl2N2O3. The van der Waals surface area contributed by atoms with Crippen LogP contribution in [0.1, 0.15) is 43.2 Å². The fourth-order valence-electron chi connectivity index (χ4n) is 4.68. The topological polar surface area (TPSA) is 58.6 Å². The number of benzene rings is 3. The zero-order chi connectivity index (χ0) is 26.0. The van der Waals surface area contributed by atoms with Gasteiger partial charge in [-0.2, -0.15) is 0 Å². The summed E-state index contributed by atoms with van der Waals surface area (Å²) in [4.78, 5) is 29.0. The molecule has 0 unspecified atom stereocenters. The molecule has 3 aromatic carbocycles. The van der Waals surface area contributed by atoms with Crippen LogP contribution in [0.25, 0.3) is 0 Å². The van der Waals surface area contributed by atoms with Gasteiger partial charge in [-0.3, -0.25) is 9.59 Å². The average molecular weight is 540 g/mol. The number of ether oxygens (including phenoxy) is 1. The molecule has 1 saturated carbocycles. The van der Waals surface area contributed by atoms with E-state index >= 15 is 0 Å². The van der Waals surface area contributed by atoms with Crippen molar-refractivity contribution in [1.82, 2.24) is 10.2 Å². The highest BCUT2D eigenvalue weighted by Gasteiger charge is 2.32. The molecule has 1 aliphatic rings. The molecule has 0 saturated heterocycles. The van der Waals surface area contributed by atoms with Gasteiger partial charge < -0.3 is 15.0 Å². The van der Waals surface area contributed by atoms with Gasteiger partial charge in [-0.25, -0.2) is 0 Å². The minimum atomic E-state index is -0.717. The van der Waals surface area contributed by atoms with Gasteiger partial charge >= 0.3 is 0 Å². The van der Waals surface area contributed by atoms with Crippen LogP contribution in [0.2, 0.25) is 10.0 Å². The molecule has 37 heavy (non-hydrogen) atoms. The third kappa shape index (κ3) is 7.98. The second kappa shape index (κ2) is 13.5. The fraction of sp³-hybridized carbons (Fsp3) is 0.333. The first-order chi connectivity index (χ1) is 18.0. The standard InChI is InChI=1S/C30H32Cl2N2O3/c31-26-17-16-23(18-27(26)32)20-34(29(35)21-37-25-14-8-3-9-15-25)28(19-22-10-4-1-5-11-22)30(36)33-24-12-6-2-7-13-24/h1,3-5,8-11,14-18,24,28H,2,6-7,12-13,19-21H2,(H,33,36)/t28-/m0/s1. The van der Waals surface area contributed by atoms with Crippen LogP contribution in [0.4, 0.5) is 0 Å². The van der Waals surface area contributed by atoms with Crippen LogP contribution < -0.4 is 10.1 Å². The van der Waals surface area contributed by atoms with Gasteiger partial charge in [0.15, 0.2) is 6.61 Å². The van der Waals surface area contributed by atoms with E-state index in [1.54, 1.807) is 29.2 Å². The van der Waals surface area contributed by atoms with E-state index in [0.717, 1.165) is 36.8 Å². The Morgan fingerprint density at radius 1 is 0.865 bits per heavy atom. The number of halogens is 2. The third-order valence-electron chi connectivity index (χ3n) is 6.67. The molecule has 1 fully saturated rings. The van der Waals surface area contributed by atoms with Gasteiger partial charge in [-0.1, -0.05) is 97.1 Å². The smallest absolute Gasteiger partial charge is 0.261 e. The Balaban J connectivity index is 1.62. The van der Waals surface area contributed by atoms with Crippen molar-refractivity contribution in [3.63, 3.8) is 0 Å². The van der Waals surface area contributed by atoms with Crippen LogP contribution in [-0.2, 0) is 22.6 Å². The number of nitrogens with one attached hydrogen (secondary N) is 1. The number of para-hydroxylation sites is 1. The summed E-state index contributed by atoms with van der Waals surface area (Å²) in [5, 5.41) is 4.07. The molecule has 4 rings (SSSR count). The van der Waals surface area contributed by atoms with Crippen LogP contribution >= 0.6 is 23.2 Å². The first kappa shape index (κ1) is 27.0. The average Bonchev–Trinajstić information content (AvgIpc) is 2.93. The van der Waals surface area contributed by atoms with Gasteiger partial charge in [0, 0.05) is 19.0 Å². The molecule has 0 heterocycles. The molecule has 0 aromatic heterocycles. The number of amides is 2. The predicted octanol–water partition coefficient (Wildman–Crippen LogP) is 6.46. The number of hydrogen-bond donors (Lipinski definition) is 1. The van der Waals surface area contributed by atoms with E-state index < -0.39 is 6.04 Å². The molecule has 7 heteroatoms. The SMILES string of the molecule is O=C(NC1CCCCC1)[C@H](Cc1ccccc1)N(Cc1ccc(Cl)c(Cl)c1)C(=O)COc1ccccc1. The summed E-state index contributed by atoms with van der Waals surface area (Å²) in [5.74, 6) is 0.162. The lowest BCUT2D eigenvalue weighted by atomic mass is 9.94. The molecule has 3 aromatic rings. The van der Waals surface area contributed by atoms with Gasteiger partial charge in [0.1, 0.15) is 11.8 Å². The first-order valence-electron chi connectivity index (χ1n) is 12.7. The molecule has 0 bridgehead atoms. The largest absolute Gasteiger partial charge is 0.484 e. The molecule has 1 N–H and O–H groups in total. The van der Waals surface area contributed by atoms with Crippen molar-refractivity contribution in [3.8, 4) is 5.75 Å². The monoisotopic (exact) mass is 538 g/mol. The van der Waals surface area contributed by atoms with Gasteiger partial charge in [-0.15, -0.1) is 0 Å². The Kier molecular flexibility index (Phi) is 9.86. The van der Waals surface area contributed by atoms with Crippen LogP contribution in [0, 0.1) is 0 Å². The molecule has 5 nitrogen and oxygen atoms in total. The minimum absolute atomic E-state index is 0.127. The number of carbonyl (C=O) groups is 2. The van der Waals surface area contributed by atoms with Crippen molar-refractivity contribution in [1.29, 1.82) is 0 Å². The first-order valence-corrected chi connectivity index (χ1v) is 13.5. The lowest BCUT2D eigenvalue weighted by molar-refractivity contribution is -0.143. The Labute approximate surface area is 228 Å². The molecule has 0 spiro atoms. The van der Waals surface area contributed by atoms with E-state index in [1.807, 2.05) is 54.6 Å². The van der Waals surface area contributed by atoms with E-state index in [2.05, 4.69) is 5.32 Å². The molecule has 0 radical (unpaired) electrons. The second-order valence-electron chi connectivity index (χ2n) is 9.42. The quantitative estimate of drug-likeness (QED) is 0.322. The second-order valence-corrected chi connectivity index (χ2v) is 10.2. The summed E-state index contributed by atoms with van der Waals surface area (Å²) in [5.41, 5.74) is 1.76. The highest BCUT2D eigenvalue weighted by molar-refractivity contribution is 6.42. The Bertz CT molecular complexity index is 1170. The number of carbonyl (C=O) groups excluding carboxylic acids is 2. The van der Waals surface area contributed by atoms with Crippen molar-refractivity contribution in [2.75, 3.05) is 6.61 Å². The fourth-order valence-corrected chi connectivity index (χ4v) is 5.00. The normalized spacial score (nSPS) is 14.5. The number of nitrogens with zero attached hydrogens (tertiary/aromatic N) is 1. The Hall–Kier alpha value is -3.02. The van der Waals surface area contributed by atoms with Crippen molar-refractivity contribution in [2.24, 2.45) is 0 Å². The van der Waals surface area contributed by atoms with Crippen molar-refractivity contribution >= 4 is 35.0 Å². The third-order valence-corrected chi connectivity index (χ3v) is 7.40. The molecular weight excluding hydrogens is 507 g/mol. The van der Waals surface area contributed by atoms with Gasteiger partial charge in [0.25, 0.3) is 5.91 Å². The molecule has 194 valence electrons. The maximum absolute atomic E-state index is 13.8. The lowest BCUT2D eigenvalue weighted by Gasteiger charge is -2.33.